The summed E-state index contributed by atoms with van der Waals surface area (Å²) in [5.74, 6) is 1.41. The van der Waals surface area contributed by atoms with Crippen molar-refractivity contribution in [3.8, 4) is 5.75 Å². The van der Waals surface area contributed by atoms with Crippen LogP contribution in [0.3, 0.4) is 0 Å². The molecule has 0 aliphatic rings. The van der Waals surface area contributed by atoms with Gasteiger partial charge in [0.2, 0.25) is 0 Å². The minimum absolute atomic E-state index is 0.220. The van der Waals surface area contributed by atoms with Gasteiger partial charge in [0.15, 0.2) is 0 Å². The molecule has 2 nitrogen and oxygen atoms in total. The van der Waals surface area contributed by atoms with E-state index in [1.165, 1.54) is 0 Å². The van der Waals surface area contributed by atoms with Gasteiger partial charge < -0.3 is 9.53 Å². The van der Waals surface area contributed by atoms with Crippen LogP contribution in [0, 0.1) is 19.8 Å². The monoisotopic (exact) mass is 268 g/mol. The topological polar surface area (TPSA) is 26.3 Å². The number of rotatable bonds is 5. The second-order valence-corrected chi connectivity index (χ2v) is 5.43. The number of halogens is 1. The van der Waals surface area contributed by atoms with Crippen molar-refractivity contribution in [3.63, 3.8) is 0 Å². The molecule has 18 heavy (non-hydrogen) atoms. The van der Waals surface area contributed by atoms with Crippen LogP contribution < -0.4 is 4.74 Å². The fraction of sp³-hybridized carbons (Fsp3) is 0.533. The number of methoxy groups -OCH3 is 1. The minimum Gasteiger partial charge on any atom is -0.496 e. The normalized spacial score (nSPS) is 12.3. The lowest BCUT2D eigenvalue weighted by molar-refractivity contribution is -0.117. The smallest absolute Gasteiger partial charge is 0.130 e. The summed E-state index contributed by atoms with van der Waals surface area (Å²) in [6.07, 6.45) is 1.41. The lowest BCUT2D eigenvalue weighted by Crippen LogP contribution is -2.08. The summed E-state index contributed by atoms with van der Waals surface area (Å²) >= 11 is 6.21. The Kier molecular flexibility index (Phi) is 5.21. The molecule has 0 amide bonds. The molecule has 1 aromatic rings. The van der Waals surface area contributed by atoms with E-state index in [1.54, 1.807) is 14.0 Å². The summed E-state index contributed by atoms with van der Waals surface area (Å²) in [6.45, 7) is 7.70. The summed E-state index contributed by atoms with van der Waals surface area (Å²) in [5.41, 5.74) is 3.21. The number of hydrogen-bond acceptors (Lipinski definition) is 2. The van der Waals surface area contributed by atoms with Crippen LogP contribution in [-0.4, -0.2) is 12.9 Å². The van der Waals surface area contributed by atoms with Crippen molar-refractivity contribution in [2.75, 3.05) is 7.11 Å². The van der Waals surface area contributed by atoms with Crippen molar-refractivity contribution in [1.82, 2.24) is 0 Å². The third-order valence-corrected chi connectivity index (χ3v) is 3.57. The average molecular weight is 269 g/mol. The summed E-state index contributed by atoms with van der Waals surface area (Å²) in [4.78, 5) is 11.2. The first-order valence-electron chi connectivity index (χ1n) is 6.18. The van der Waals surface area contributed by atoms with Gasteiger partial charge in [0.05, 0.1) is 7.11 Å². The fourth-order valence-corrected chi connectivity index (χ4v) is 2.64. The molecule has 3 heteroatoms. The first-order valence-corrected chi connectivity index (χ1v) is 6.56. The van der Waals surface area contributed by atoms with Crippen molar-refractivity contribution in [2.24, 2.45) is 5.92 Å². The lowest BCUT2D eigenvalue weighted by atomic mass is 9.92. The summed E-state index contributed by atoms with van der Waals surface area (Å²) in [5, 5.41) is 0.762. The largest absolute Gasteiger partial charge is 0.496 e. The second kappa shape index (κ2) is 6.24. The Balaban J connectivity index is 3.10. The third kappa shape index (κ3) is 3.49. The number of aryl methyl sites for hydroxylation is 1. The molecule has 0 radical (unpaired) electrons. The maximum absolute atomic E-state index is 11.2. The van der Waals surface area contributed by atoms with Gasteiger partial charge in [0.25, 0.3) is 0 Å². The molecular formula is C15H21ClO2. The highest BCUT2D eigenvalue weighted by atomic mass is 35.5. The average Bonchev–Trinajstić information content (AvgIpc) is 2.24. The fourth-order valence-electron chi connectivity index (χ4n) is 2.36. The number of ketones is 1. The standard InChI is InChI=1S/C15H21ClO2/c1-9(6-11(3)17)7-13-12(4)14(16)8-10(2)15(13)18-5/h8-9H,6-7H2,1-5H3. The van der Waals surface area contributed by atoms with Crippen LogP contribution in [0.5, 0.6) is 5.75 Å². The molecular weight excluding hydrogens is 248 g/mol. The molecule has 0 fully saturated rings. The Hall–Kier alpha value is -1.02. The van der Waals surface area contributed by atoms with E-state index in [0.29, 0.717) is 12.3 Å². The number of carbonyl (C=O) groups is 1. The Labute approximate surface area is 114 Å². The second-order valence-electron chi connectivity index (χ2n) is 5.03. The predicted molar refractivity (Wildman–Crippen MR) is 75.6 cm³/mol. The first-order chi connectivity index (χ1) is 8.36. The Morgan fingerprint density at radius 1 is 1.44 bits per heavy atom. The van der Waals surface area contributed by atoms with Gasteiger partial charge >= 0.3 is 0 Å². The summed E-state index contributed by atoms with van der Waals surface area (Å²) in [7, 11) is 1.68. The molecule has 0 aliphatic heterocycles. The number of benzene rings is 1. The molecule has 0 saturated heterocycles. The van der Waals surface area contributed by atoms with Crippen LogP contribution in [0.15, 0.2) is 6.07 Å². The molecule has 1 rings (SSSR count). The van der Waals surface area contributed by atoms with Crippen LogP contribution >= 0.6 is 11.6 Å². The minimum atomic E-state index is 0.220. The zero-order valence-corrected chi connectivity index (χ0v) is 12.5. The Morgan fingerprint density at radius 2 is 2.06 bits per heavy atom. The van der Waals surface area contributed by atoms with Crippen LogP contribution in [0.2, 0.25) is 5.02 Å². The molecule has 0 heterocycles. The van der Waals surface area contributed by atoms with Gasteiger partial charge in [-0.3, -0.25) is 0 Å². The molecule has 0 aliphatic carbocycles. The molecule has 0 saturated carbocycles. The molecule has 1 aromatic carbocycles. The Bertz CT molecular complexity index is 452. The molecule has 0 bridgehead atoms. The van der Waals surface area contributed by atoms with Gasteiger partial charge in [-0.2, -0.15) is 0 Å². The van der Waals surface area contributed by atoms with E-state index in [-0.39, 0.29) is 5.78 Å². The van der Waals surface area contributed by atoms with E-state index in [1.807, 2.05) is 19.9 Å². The van der Waals surface area contributed by atoms with E-state index in [0.717, 1.165) is 33.9 Å². The zero-order chi connectivity index (χ0) is 13.9. The van der Waals surface area contributed by atoms with Crippen molar-refractivity contribution in [2.45, 2.75) is 40.5 Å². The lowest BCUT2D eigenvalue weighted by Gasteiger charge is -2.18. The molecule has 0 spiro atoms. The maximum Gasteiger partial charge on any atom is 0.130 e. The van der Waals surface area contributed by atoms with Crippen LogP contribution in [0.25, 0.3) is 0 Å². The van der Waals surface area contributed by atoms with E-state index in [9.17, 15) is 4.79 Å². The van der Waals surface area contributed by atoms with Crippen LogP contribution in [0.1, 0.15) is 37.0 Å². The number of ether oxygens (including phenoxy) is 1. The third-order valence-electron chi connectivity index (χ3n) is 3.18. The van der Waals surface area contributed by atoms with E-state index >= 15 is 0 Å². The van der Waals surface area contributed by atoms with Gasteiger partial charge in [0.1, 0.15) is 11.5 Å². The van der Waals surface area contributed by atoms with Gasteiger partial charge in [-0.05, 0) is 55.9 Å². The van der Waals surface area contributed by atoms with Crippen LogP contribution in [0.4, 0.5) is 0 Å². The highest BCUT2D eigenvalue weighted by Gasteiger charge is 2.16. The van der Waals surface area contributed by atoms with Crippen molar-refractivity contribution in [3.05, 3.63) is 27.8 Å². The zero-order valence-electron chi connectivity index (χ0n) is 11.8. The molecule has 100 valence electrons. The van der Waals surface area contributed by atoms with E-state index < -0.39 is 0 Å². The molecule has 1 atom stereocenters. The predicted octanol–water partition coefficient (Wildman–Crippen LogP) is 4.12. The highest BCUT2D eigenvalue weighted by molar-refractivity contribution is 6.31. The van der Waals surface area contributed by atoms with E-state index in [4.69, 9.17) is 16.3 Å². The number of Topliss-reactive ketones (excluding diaryl/α,β-unsaturated/α-hetero) is 1. The molecule has 0 N–H and O–H groups in total. The highest BCUT2D eigenvalue weighted by Crippen LogP contribution is 2.34. The Morgan fingerprint density at radius 3 is 2.56 bits per heavy atom. The van der Waals surface area contributed by atoms with Crippen molar-refractivity contribution in [1.29, 1.82) is 0 Å². The van der Waals surface area contributed by atoms with Gasteiger partial charge in [0, 0.05) is 11.4 Å². The van der Waals surface area contributed by atoms with Gasteiger partial charge in [-0.1, -0.05) is 18.5 Å². The quantitative estimate of drug-likeness (QED) is 0.803. The summed E-state index contributed by atoms with van der Waals surface area (Å²) in [6, 6.07) is 1.93. The maximum atomic E-state index is 11.2. The van der Waals surface area contributed by atoms with Crippen molar-refractivity contribution >= 4 is 17.4 Å². The molecule has 0 aromatic heterocycles. The number of carbonyl (C=O) groups excluding carboxylic acids is 1. The molecule has 1 unspecified atom stereocenters. The van der Waals surface area contributed by atoms with Crippen molar-refractivity contribution < 1.29 is 9.53 Å². The summed E-state index contributed by atoms with van der Waals surface area (Å²) < 4.78 is 5.47. The SMILES string of the molecule is COc1c(C)cc(Cl)c(C)c1CC(C)CC(C)=O. The van der Waals surface area contributed by atoms with Gasteiger partial charge in [-0.25, -0.2) is 0 Å². The van der Waals surface area contributed by atoms with Crippen LogP contribution in [-0.2, 0) is 11.2 Å². The number of hydrogen-bond donors (Lipinski definition) is 0. The first kappa shape index (κ1) is 15.0. The van der Waals surface area contributed by atoms with E-state index in [2.05, 4.69) is 6.92 Å². The van der Waals surface area contributed by atoms with Gasteiger partial charge in [-0.15, -0.1) is 0 Å².